The molecule has 2 aromatic rings. The number of para-hydroxylation sites is 2. The number of nitrogens with zero attached hydrogens (tertiary/aromatic N) is 3. The van der Waals surface area contributed by atoms with Crippen molar-refractivity contribution in [2.45, 2.75) is 38.6 Å². The van der Waals surface area contributed by atoms with Gasteiger partial charge in [-0.15, -0.1) is 0 Å². The number of aliphatic imine (C=N–C) groups is 1. The molecule has 0 radical (unpaired) electrons. The topological polar surface area (TPSA) is 76.5 Å². The van der Waals surface area contributed by atoms with Crippen LogP contribution >= 0.6 is 11.8 Å². The van der Waals surface area contributed by atoms with Gasteiger partial charge in [0, 0.05) is 13.1 Å². The second kappa shape index (κ2) is 9.98. The monoisotopic (exact) mass is 360 g/mol. The molecule has 1 heterocycles. The summed E-state index contributed by atoms with van der Waals surface area (Å²) >= 11 is 1.33. The molecule has 0 saturated heterocycles. The van der Waals surface area contributed by atoms with Crippen LogP contribution in [0.3, 0.4) is 0 Å². The summed E-state index contributed by atoms with van der Waals surface area (Å²) in [5.74, 6) is -0.464. The number of benzene rings is 1. The number of ether oxygens (including phenoxy) is 1. The lowest BCUT2D eigenvalue weighted by Crippen LogP contribution is -2.22. The Morgan fingerprint density at radius 2 is 1.88 bits per heavy atom. The Kier molecular flexibility index (Phi) is 7.66. The van der Waals surface area contributed by atoms with Crippen LogP contribution < -0.4 is 5.32 Å². The number of aromatic nitrogens is 2. The van der Waals surface area contributed by atoms with Gasteiger partial charge < -0.3 is 10.1 Å². The fourth-order valence-electron chi connectivity index (χ4n) is 2.05. The van der Waals surface area contributed by atoms with Crippen LogP contribution in [0.5, 0.6) is 0 Å². The van der Waals surface area contributed by atoms with E-state index in [0.717, 1.165) is 36.6 Å². The van der Waals surface area contributed by atoms with Gasteiger partial charge in [0.1, 0.15) is 5.03 Å². The zero-order valence-corrected chi connectivity index (χ0v) is 15.7. The SMILES string of the molecule is CCC/N=C(/NCCC)Sc1nc2ccccc2nc1C(=O)OCC. The number of fused-ring (bicyclic) bond motifs is 1. The number of hydrogen-bond acceptors (Lipinski definition) is 6. The van der Waals surface area contributed by atoms with E-state index in [0.29, 0.717) is 17.1 Å². The molecule has 134 valence electrons. The Hall–Kier alpha value is -2.15. The highest BCUT2D eigenvalue weighted by atomic mass is 32.2. The molecule has 1 N–H and O–H groups in total. The molecule has 0 atom stereocenters. The van der Waals surface area contributed by atoms with Gasteiger partial charge in [0.25, 0.3) is 0 Å². The molecule has 2 rings (SSSR count). The number of esters is 1. The average molecular weight is 360 g/mol. The van der Waals surface area contributed by atoms with Crippen LogP contribution in [0.1, 0.15) is 44.1 Å². The summed E-state index contributed by atoms with van der Waals surface area (Å²) in [6, 6.07) is 7.48. The van der Waals surface area contributed by atoms with Crippen LogP contribution in [0, 0.1) is 0 Å². The molecule has 0 aliphatic rings. The molecule has 0 amide bonds. The van der Waals surface area contributed by atoms with Crippen molar-refractivity contribution in [1.29, 1.82) is 0 Å². The summed E-state index contributed by atoms with van der Waals surface area (Å²) < 4.78 is 5.15. The number of thioether (sulfide) groups is 1. The van der Waals surface area contributed by atoms with Crippen LogP contribution in [0.4, 0.5) is 0 Å². The smallest absolute Gasteiger partial charge is 0.359 e. The molecule has 0 saturated carbocycles. The minimum absolute atomic E-state index is 0.230. The van der Waals surface area contributed by atoms with Crippen LogP contribution in [0.15, 0.2) is 34.3 Å². The van der Waals surface area contributed by atoms with E-state index in [1.54, 1.807) is 6.92 Å². The van der Waals surface area contributed by atoms with Gasteiger partial charge in [-0.25, -0.2) is 14.8 Å². The zero-order chi connectivity index (χ0) is 18.1. The van der Waals surface area contributed by atoms with Crippen molar-refractivity contribution < 1.29 is 9.53 Å². The quantitative estimate of drug-likeness (QED) is 0.351. The van der Waals surface area contributed by atoms with Crippen molar-refractivity contribution in [3.05, 3.63) is 30.0 Å². The number of nitrogens with one attached hydrogen (secondary N) is 1. The van der Waals surface area contributed by atoms with Crippen molar-refractivity contribution >= 4 is 33.9 Å². The molecule has 1 aromatic carbocycles. The maximum absolute atomic E-state index is 12.3. The molecular weight excluding hydrogens is 336 g/mol. The first-order valence-electron chi connectivity index (χ1n) is 8.59. The molecule has 1 aromatic heterocycles. The van der Waals surface area contributed by atoms with Crippen molar-refractivity contribution in [2.75, 3.05) is 19.7 Å². The van der Waals surface area contributed by atoms with E-state index < -0.39 is 5.97 Å². The number of carbonyl (C=O) groups excluding carboxylic acids is 1. The van der Waals surface area contributed by atoms with E-state index in [9.17, 15) is 4.79 Å². The normalized spacial score (nSPS) is 11.6. The number of hydrogen-bond donors (Lipinski definition) is 1. The Morgan fingerprint density at radius 3 is 2.52 bits per heavy atom. The first kappa shape index (κ1) is 19.2. The minimum atomic E-state index is -0.464. The first-order chi connectivity index (χ1) is 12.2. The maximum Gasteiger partial charge on any atom is 0.359 e. The minimum Gasteiger partial charge on any atom is -0.461 e. The average Bonchev–Trinajstić information content (AvgIpc) is 2.63. The molecule has 0 bridgehead atoms. The molecule has 0 spiro atoms. The van der Waals surface area contributed by atoms with Gasteiger partial charge in [0.05, 0.1) is 17.6 Å². The third kappa shape index (κ3) is 5.42. The van der Waals surface area contributed by atoms with Gasteiger partial charge in [-0.2, -0.15) is 0 Å². The van der Waals surface area contributed by atoms with Gasteiger partial charge >= 0.3 is 5.97 Å². The van der Waals surface area contributed by atoms with E-state index >= 15 is 0 Å². The lowest BCUT2D eigenvalue weighted by atomic mass is 10.3. The Morgan fingerprint density at radius 1 is 1.16 bits per heavy atom. The summed E-state index contributed by atoms with van der Waals surface area (Å²) in [4.78, 5) is 26.0. The number of rotatable bonds is 7. The number of amidine groups is 1. The predicted octanol–water partition coefficient (Wildman–Crippen LogP) is 3.66. The van der Waals surface area contributed by atoms with E-state index in [1.807, 2.05) is 24.3 Å². The van der Waals surface area contributed by atoms with E-state index in [2.05, 4.69) is 34.1 Å². The van der Waals surface area contributed by atoms with Crippen molar-refractivity contribution in [3.63, 3.8) is 0 Å². The third-order valence-corrected chi connectivity index (χ3v) is 4.15. The molecule has 0 aliphatic carbocycles. The predicted molar refractivity (Wildman–Crippen MR) is 102 cm³/mol. The number of carbonyl (C=O) groups is 1. The second-order valence-corrected chi connectivity index (χ2v) is 6.28. The summed E-state index contributed by atoms with van der Waals surface area (Å²) in [6.45, 7) is 7.76. The largest absolute Gasteiger partial charge is 0.461 e. The van der Waals surface area contributed by atoms with Gasteiger partial charge in [0.15, 0.2) is 10.9 Å². The molecule has 25 heavy (non-hydrogen) atoms. The van der Waals surface area contributed by atoms with Crippen LogP contribution in [0.2, 0.25) is 0 Å². The van der Waals surface area contributed by atoms with Crippen molar-refractivity contribution in [3.8, 4) is 0 Å². The Bertz CT molecular complexity index is 749. The van der Waals surface area contributed by atoms with Crippen LogP contribution in [-0.2, 0) is 4.74 Å². The lowest BCUT2D eigenvalue weighted by molar-refractivity contribution is 0.0514. The fourth-order valence-corrected chi connectivity index (χ4v) is 2.93. The standard InChI is InChI=1S/C18H24N4O2S/c1-4-11-19-18(20-12-5-2)25-16-15(17(23)24-6-3)21-13-9-7-8-10-14(13)22-16/h7-10H,4-6,11-12H2,1-3H3,(H,19,20). The summed E-state index contributed by atoms with van der Waals surface area (Å²) in [5, 5.41) is 4.55. The molecule has 0 aliphatic heterocycles. The van der Waals surface area contributed by atoms with E-state index in [4.69, 9.17) is 4.74 Å². The Labute approximate surface area is 152 Å². The maximum atomic E-state index is 12.3. The Balaban J connectivity index is 2.41. The summed E-state index contributed by atoms with van der Waals surface area (Å²) in [6.07, 6.45) is 1.94. The fraction of sp³-hybridized carbons (Fsp3) is 0.444. The second-order valence-electron chi connectivity index (χ2n) is 5.30. The molecule has 7 heteroatoms. The zero-order valence-electron chi connectivity index (χ0n) is 14.9. The first-order valence-corrected chi connectivity index (χ1v) is 9.41. The molecule has 6 nitrogen and oxygen atoms in total. The molecule has 0 fully saturated rings. The summed E-state index contributed by atoms with van der Waals surface area (Å²) in [5.41, 5.74) is 1.64. The molecule has 0 unspecified atom stereocenters. The lowest BCUT2D eigenvalue weighted by Gasteiger charge is -2.11. The highest BCUT2D eigenvalue weighted by Gasteiger charge is 2.19. The highest BCUT2D eigenvalue weighted by Crippen LogP contribution is 2.24. The van der Waals surface area contributed by atoms with E-state index in [1.165, 1.54) is 11.8 Å². The van der Waals surface area contributed by atoms with Gasteiger partial charge in [0.2, 0.25) is 0 Å². The third-order valence-electron chi connectivity index (χ3n) is 3.21. The van der Waals surface area contributed by atoms with Crippen LogP contribution in [-0.4, -0.2) is 40.8 Å². The highest BCUT2D eigenvalue weighted by molar-refractivity contribution is 8.13. The molecular formula is C18H24N4O2S. The van der Waals surface area contributed by atoms with Gasteiger partial charge in [-0.3, -0.25) is 4.99 Å². The van der Waals surface area contributed by atoms with Gasteiger partial charge in [-0.1, -0.05) is 26.0 Å². The van der Waals surface area contributed by atoms with Crippen LogP contribution in [0.25, 0.3) is 11.0 Å². The van der Waals surface area contributed by atoms with Crippen molar-refractivity contribution in [1.82, 2.24) is 15.3 Å². The van der Waals surface area contributed by atoms with Gasteiger partial charge in [-0.05, 0) is 43.7 Å². The summed E-state index contributed by atoms with van der Waals surface area (Å²) in [7, 11) is 0. The van der Waals surface area contributed by atoms with Crippen molar-refractivity contribution in [2.24, 2.45) is 4.99 Å². The van der Waals surface area contributed by atoms with E-state index in [-0.39, 0.29) is 5.69 Å².